The molecule has 4 rings (SSSR count). The van der Waals surface area contributed by atoms with Gasteiger partial charge in [0.1, 0.15) is 29.9 Å². The molecule has 1 aromatic carbocycles. The largest absolute Gasteiger partial charge is 0.528 e. The molecular formula is C24H31F2N5O5. The summed E-state index contributed by atoms with van der Waals surface area (Å²) >= 11 is 0. The Labute approximate surface area is 208 Å². The van der Waals surface area contributed by atoms with Crippen molar-refractivity contribution in [1.29, 1.82) is 0 Å². The minimum atomic E-state index is -0.730. The lowest BCUT2D eigenvalue weighted by atomic mass is 10.1. The number of halogens is 2. The summed E-state index contributed by atoms with van der Waals surface area (Å²) < 4.78 is 45.6. The molecule has 1 aromatic heterocycles. The van der Waals surface area contributed by atoms with Crippen LogP contribution in [0.1, 0.15) is 39.5 Å². The van der Waals surface area contributed by atoms with Crippen molar-refractivity contribution in [3.8, 4) is 5.88 Å². The lowest BCUT2D eigenvalue weighted by Crippen LogP contribution is -2.40. The number of benzene rings is 1. The molecule has 36 heavy (non-hydrogen) atoms. The van der Waals surface area contributed by atoms with Gasteiger partial charge in [-0.2, -0.15) is 0 Å². The van der Waals surface area contributed by atoms with E-state index in [0.717, 1.165) is 25.0 Å². The first-order chi connectivity index (χ1) is 17.4. The highest BCUT2D eigenvalue weighted by atomic mass is 19.1. The molecule has 2 aliphatic rings. The number of piperidine rings is 1. The number of rotatable bonds is 9. The van der Waals surface area contributed by atoms with Crippen LogP contribution in [-0.2, 0) is 14.3 Å². The molecule has 196 valence electrons. The standard InChI is InChI=1S/C24H31F2N5O5/c1-15(2)34-24(32)36-31-7-5-16(6-8-31)35-23-12-22(28-14-29-23)30-21-11-18(25)20(10-19(21)26)27-13-17-4-3-9-33-17/h10-12,14-17,27H,3-9,13H2,1-2H3,(H,28,29,30). The van der Waals surface area contributed by atoms with Gasteiger partial charge in [-0.05, 0) is 26.7 Å². The monoisotopic (exact) mass is 507 g/mol. The second-order valence-corrected chi connectivity index (χ2v) is 8.95. The third-order valence-electron chi connectivity index (χ3n) is 5.73. The molecule has 0 amide bonds. The van der Waals surface area contributed by atoms with Crippen molar-refractivity contribution in [2.75, 3.05) is 36.9 Å². The molecule has 2 saturated heterocycles. The number of hydrogen-bond acceptors (Lipinski definition) is 10. The van der Waals surface area contributed by atoms with E-state index in [9.17, 15) is 13.6 Å². The van der Waals surface area contributed by atoms with Crippen LogP contribution in [-0.4, -0.2) is 65.7 Å². The maximum Gasteiger partial charge on any atom is 0.528 e. The van der Waals surface area contributed by atoms with Gasteiger partial charge in [0.05, 0.1) is 23.6 Å². The molecule has 0 bridgehead atoms. The predicted octanol–water partition coefficient (Wildman–Crippen LogP) is 4.41. The molecular weight excluding hydrogens is 476 g/mol. The van der Waals surface area contributed by atoms with Crippen molar-refractivity contribution in [3.05, 3.63) is 36.2 Å². The summed E-state index contributed by atoms with van der Waals surface area (Å²) in [6, 6.07) is 3.71. The molecule has 2 N–H and O–H groups in total. The van der Waals surface area contributed by atoms with Gasteiger partial charge in [0.2, 0.25) is 5.88 Å². The fourth-order valence-corrected chi connectivity index (χ4v) is 3.95. The minimum Gasteiger partial charge on any atom is -0.474 e. The lowest BCUT2D eigenvalue weighted by molar-refractivity contribution is -0.151. The Morgan fingerprint density at radius 3 is 2.61 bits per heavy atom. The van der Waals surface area contributed by atoms with E-state index in [4.69, 9.17) is 19.0 Å². The molecule has 0 aliphatic carbocycles. The Balaban J connectivity index is 1.29. The van der Waals surface area contributed by atoms with Crippen LogP contribution in [0.15, 0.2) is 24.5 Å². The van der Waals surface area contributed by atoms with Crippen molar-refractivity contribution in [1.82, 2.24) is 15.0 Å². The Morgan fingerprint density at radius 2 is 1.89 bits per heavy atom. The van der Waals surface area contributed by atoms with Crippen molar-refractivity contribution >= 4 is 23.3 Å². The molecule has 0 saturated carbocycles. The molecule has 3 heterocycles. The van der Waals surface area contributed by atoms with Crippen LogP contribution in [0.4, 0.5) is 30.8 Å². The maximum atomic E-state index is 14.7. The van der Waals surface area contributed by atoms with E-state index in [0.29, 0.717) is 45.0 Å². The Bertz CT molecular complexity index is 1030. The fourth-order valence-electron chi connectivity index (χ4n) is 3.95. The summed E-state index contributed by atoms with van der Waals surface area (Å²) in [6.45, 7) is 5.56. The molecule has 1 atom stereocenters. The lowest BCUT2D eigenvalue weighted by Gasteiger charge is -2.30. The van der Waals surface area contributed by atoms with E-state index in [-0.39, 0.29) is 35.5 Å². The van der Waals surface area contributed by atoms with Gasteiger partial charge in [-0.3, -0.25) is 0 Å². The smallest absolute Gasteiger partial charge is 0.474 e. The summed E-state index contributed by atoms with van der Waals surface area (Å²) in [5.74, 6) is -0.665. The number of anilines is 3. The van der Waals surface area contributed by atoms with Crippen LogP contribution in [0, 0.1) is 11.6 Å². The fraction of sp³-hybridized carbons (Fsp3) is 0.542. The molecule has 2 fully saturated rings. The van der Waals surface area contributed by atoms with Gasteiger partial charge in [0.25, 0.3) is 0 Å². The van der Waals surface area contributed by atoms with E-state index < -0.39 is 17.8 Å². The third kappa shape index (κ3) is 7.37. The Kier molecular flexibility index (Phi) is 8.70. The van der Waals surface area contributed by atoms with Crippen LogP contribution >= 0.6 is 0 Å². The number of carbonyl (C=O) groups excluding carboxylic acids is 1. The van der Waals surface area contributed by atoms with Gasteiger partial charge in [0.15, 0.2) is 0 Å². The highest BCUT2D eigenvalue weighted by Crippen LogP contribution is 2.27. The van der Waals surface area contributed by atoms with E-state index in [2.05, 4.69) is 20.6 Å². The zero-order valence-electron chi connectivity index (χ0n) is 20.3. The number of hydroxylamine groups is 2. The topological polar surface area (TPSA) is 107 Å². The average molecular weight is 508 g/mol. The number of carbonyl (C=O) groups is 1. The SMILES string of the molecule is CC(C)OC(=O)ON1CCC(Oc2cc(Nc3cc(F)c(NCC4CCCO4)cc3F)ncn2)CC1. The second kappa shape index (κ2) is 12.1. The van der Waals surface area contributed by atoms with E-state index >= 15 is 0 Å². The summed E-state index contributed by atoms with van der Waals surface area (Å²) in [4.78, 5) is 25.0. The number of ether oxygens (including phenoxy) is 3. The summed E-state index contributed by atoms with van der Waals surface area (Å²) in [6.07, 6.45) is 3.21. The molecule has 1 unspecified atom stereocenters. The number of hydrogen-bond donors (Lipinski definition) is 2. The van der Waals surface area contributed by atoms with E-state index in [1.807, 2.05) is 0 Å². The van der Waals surface area contributed by atoms with Crippen LogP contribution in [0.25, 0.3) is 0 Å². The van der Waals surface area contributed by atoms with Gasteiger partial charge >= 0.3 is 6.16 Å². The van der Waals surface area contributed by atoms with Crippen molar-refractivity contribution in [2.45, 2.75) is 57.8 Å². The quantitative estimate of drug-likeness (QED) is 0.474. The zero-order chi connectivity index (χ0) is 25.5. The number of nitrogens with zero attached hydrogens (tertiary/aromatic N) is 3. The number of nitrogens with one attached hydrogen (secondary N) is 2. The van der Waals surface area contributed by atoms with Gasteiger partial charge in [-0.25, -0.2) is 23.5 Å². The van der Waals surface area contributed by atoms with Crippen LogP contribution in [0.5, 0.6) is 5.88 Å². The second-order valence-electron chi connectivity index (χ2n) is 8.95. The van der Waals surface area contributed by atoms with Crippen LogP contribution in [0.2, 0.25) is 0 Å². The normalized spacial score (nSPS) is 18.8. The van der Waals surface area contributed by atoms with Crippen molar-refractivity contribution < 1.29 is 32.6 Å². The molecule has 0 spiro atoms. The zero-order valence-corrected chi connectivity index (χ0v) is 20.3. The Morgan fingerprint density at radius 1 is 1.14 bits per heavy atom. The molecule has 2 aromatic rings. The van der Waals surface area contributed by atoms with Gasteiger partial charge < -0.3 is 29.7 Å². The minimum absolute atomic E-state index is 0.00542. The molecule has 2 aliphatic heterocycles. The summed E-state index contributed by atoms with van der Waals surface area (Å²) in [5.41, 5.74) is 0.0200. The Hall–Kier alpha value is -3.25. The first-order valence-corrected chi connectivity index (χ1v) is 12.1. The highest BCUT2D eigenvalue weighted by molar-refractivity contribution is 5.62. The molecule has 12 heteroatoms. The predicted molar refractivity (Wildman–Crippen MR) is 127 cm³/mol. The highest BCUT2D eigenvalue weighted by Gasteiger charge is 2.25. The first-order valence-electron chi connectivity index (χ1n) is 12.1. The molecule has 10 nitrogen and oxygen atoms in total. The molecule has 0 radical (unpaired) electrons. The van der Waals surface area contributed by atoms with E-state index in [1.165, 1.54) is 17.5 Å². The summed E-state index contributed by atoms with van der Waals surface area (Å²) in [5, 5.41) is 7.23. The first kappa shape index (κ1) is 25.8. The summed E-state index contributed by atoms with van der Waals surface area (Å²) in [7, 11) is 0. The van der Waals surface area contributed by atoms with Crippen molar-refractivity contribution in [3.63, 3.8) is 0 Å². The number of aromatic nitrogens is 2. The van der Waals surface area contributed by atoms with E-state index in [1.54, 1.807) is 13.8 Å². The maximum absolute atomic E-state index is 14.7. The van der Waals surface area contributed by atoms with Crippen LogP contribution < -0.4 is 15.4 Å². The van der Waals surface area contributed by atoms with Crippen molar-refractivity contribution in [2.24, 2.45) is 0 Å². The third-order valence-corrected chi connectivity index (χ3v) is 5.73. The average Bonchev–Trinajstić information content (AvgIpc) is 3.35. The van der Waals surface area contributed by atoms with Gasteiger partial charge in [-0.15, -0.1) is 5.06 Å². The van der Waals surface area contributed by atoms with Gasteiger partial charge in [0, 0.05) is 57.3 Å². The van der Waals surface area contributed by atoms with Gasteiger partial charge in [-0.1, -0.05) is 0 Å². The van der Waals surface area contributed by atoms with Crippen LogP contribution in [0.3, 0.4) is 0 Å².